The number of amides is 1. The number of aromatic nitrogens is 2. The zero-order chi connectivity index (χ0) is 15.5. The lowest BCUT2D eigenvalue weighted by molar-refractivity contribution is -0.132. The maximum absolute atomic E-state index is 12.6. The summed E-state index contributed by atoms with van der Waals surface area (Å²) < 4.78 is 0. The first-order valence-corrected chi connectivity index (χ1v) is 8.28. The maximum Gasteiger partial charge on any atom is 0.241 e. The van der Waals surface area contributed by atoms with Crippen LogP contribution >= 0.6 is 0 Å². The van der Waals surface area contributed by atoms with Crippen LogP contribution < -0.4 is 10.2 Å². The third kappa shape index (κ3) is 3.06. The van der Waals surface area contributed by atoms with Crippen molar-refractivity contribution in [2.45, 2.75) is 39.2 Å². The zero-order valence-corrected chi connectivity index (χ0v) is 13.5. The molecule has 0 aromatic carbocycles. The lowest BCUT2D eigenvalue weighted by atomic mass is 10.2. The zero-order valence-electron chi connectivity index (χ0n) is 13.5. The first-order chi connectivity index (χ1) is 10.7. The van der Waals surface area contributed by atoms with Crippen LogP contribution in [0.15, 0.2) is 6.20 Å². The molecule has 0 spiro atoms. The normalized spacial score (nSPS) is 22.2. The summed E-state index contributed by atoms with van der Waals surface area (Å²) in [6.45, 7) is 8.24. The highest BCUT2D eigenvalue weighted by Crippen LogP contribution is 2.16. The highest BCUT2D eigenvalue weighted by Gasteiger charge is 2.31. The number of nitrogens with zero attached hydrogens (tertiary/aromatic N) is 4. The van der Waals surface area contributed by atoms with Crippen LogP contribution in [0.25, 0.3) is 0 Å². The van der Waals surface area contributed by atoms with Gasteiger partial charge in [-0.25, -0.2) is 9.97 Å². The first kappa shape index (κ1) is 15.2. The molecule has 0 radical (unpaired) electrons. The summed E-state index contributed by atoms with van der Waals surface area (Å²) in [6.07, 6.45) is 5.05. The van der Waals surface area contributed by atoms with Crippen molar-refractivity contribution < 1.29 is 4.79 Å². The predicted octanol–water partition coefficient (Wildman–Crippen LogP) is 0.748. The quantitative estimate of drug-likeness (QED) is 0.893. The number of nitrogens with one attached hydrogen (secondary N) is 1. The van der Waals surface area contributed by atoms with Gasteiger partial charge in [-0.1, -0.05) is 6.92 Å². The average Bonchev–Trinajstić information content (AvgIpc) is 3.09. The van der Waals surface area contributed by atoms with Gasteiger partial charge < -0.3 is 15.1 Å². The van der Waals surface area contributed by atoms with E-state index in [0.29, 0.717) is 6.54 Å². The Morgan fingerprint density at radius 2 is 2.14 bits per heavy atom. The van der Waals surface area contributed by atoms with Crippen molar-refractivity contribution in [2.75, 3.05) is 37.6 Å². The van der Waals surface area contributed by atoms with E-state index in [4.69, 9.17) is 0 Å². The number of anilines is 1. The van der Waals surface area contributed by atoms with E-state index in [1.807, 2.05) is 18.0 Å². The van der Waals surface area contributed by atoms with Gasteiger partial charge >= 0.3 is 0 Å². The minimum absolute atomic E-state index is 0.137. The number of likely N-dealkylation sites (tertiary alicyclic amines) is 1. The van der Waals surface area contributed by atoms with E-state index in [9.17, 15) is 4.79 Å². The monoisotopic (exact) mass is 303 g/mol. The highest BCUT2D eigenvalue weighted by molar-refractivity contribution is 5.83. The lowest BCUT2D eigenvalue weighted by Gasteiger charge is -2.34. The molecule has 1 atom stereocenters. The van der Waals surface area contributed by atoms with Crippen molar-refractivity contribution in [1.82, 2.24) is 20.2 Å². The van der Waals surface area contributed by atoms with Crippen LogP contribution in [0.1, 0.15) is 31.0 Å². The summed E-state index contributed by atoms with van der Waals surface area (Å²) in [5.41, 5.74) is 2.22. The van der Waals surface area contributed by atoms with Crippen molar-refractivity contribution in [2.24, 2.45) is 0 Å². The lowest BCUT2D eigenvalue weighted by Crippen LogP contribution is -2.58. The van der Waals surface area contributed by atoms with Gasteiger partial charge in [-0.2, -0.15) is 0 Å². The van der Waals surface area contributed by atoms with E-state index in [1.54, 1.807) is 0 Å². The van der Waals surface area contributed by atoms with Gasteiger partial charge in [0.15, 0.2) is 0 Å². The van der Waals surface area contributed by atoms with Crippen LogP contribution in [0.3, 0.4) is 0 Å². The predicted molar refractivity (Wildman–Crippen MR) is 86.0 cm³/mol. The van der Waals surface area contributed by atoms with Crippen LogP contribution in [0, 0.1) is 6.92 Å². The fraction of sp³-hybridized carbons (Fsp3) is 0.688. The second-order valence-electron chi connectivity index (χ2n) is 6.14. The Morgan fingerprint density at radius 3 is 2.86 bits per heavy atom. The number of piperazine rings is 1. The fourth-order valence-electron chi connectivity index (χ4n) is 3.23. The molecule has 1 amide bonds. The molecule has 1 aromatic heterocycles. The van der Waals surface area contributed by atoms with Crippen molar-refractivity contribution >= 4 is 11.9 Å². The summed E-state index contributed by atoms with van der Waals surface area (Å²) in [4.78, 5) is 25.8. The summed E-state index contributed by atoms with van der Waals surface area (Å²) in [7, 11) is 0. The Kier molecular flexibility index (Phi) is 4.57. The molecule has 1 aromatic rings. The van der Waals surface area contributed by atoms with Gasteiger partial charge in [0, 0.05) is 44.6 Å². The Labute approximate surface area is 131 Å². The van der Waals surface area contributed by atoms with Gasteiger partial charge in [0.2, 0.25) is 11.9 Å². The van der Waals surface area contributed by atoms with Crippen molar-refractivity contribution in [3.05, 3.63) is 17.5 Å². The molecule has 2 aliphatic heterocycles. The number of carbonyl (C=O) groups is 1. The van der Waals surface area contributed by atoms with Crippen molar-refractivity contribution in [3.63, 3.8) is 0 Å². The Hall–Kier alpha value is -1.69. The fourth-order valence-corrected chi connectivity index (χ4v) is 3.23. The third-order valence-electron chi connectivity index (χ3n) is 4.57. The minimum Gasteiger partial charge on any atom is -0.341 e. The second-order valence-corrected chi connectivity index (χ2v) is 6.14. The van der Waals surface area contributed by atoms with Gasteiger partial charge in [-0.15, -0.1) is 0 Å². The SMILES string of the molecule is CCc1nc(N2CCN[C@H](C(=O)N3CCCC3)C2)ncc1C. The van der Waals surface area contributed by atoms with Crippen LogP contribution in [0.2, 0.25) is 0 Å². The standard InChI is InChI=1S/C16H25N5O/c1-3-13-12(2)10-18-16(19-13)21-9-6-17-14(11-21)15(22)20-7-4-5-8-20/h10,14,17H,3-9,11H2,1-2H3/t14-/m0/s1. The topological polar surface area (TPSA) is 61.4 Å². The van der Waals surface area contributed by atoms with Crippen LogP contribution in [-0.4, -0.2) is 59.5 Å². The van der Waals surface area contributed by atoms with Crippen molar-refractivity contribution in [1.29, 1.82) is 0 Å². The molecule has 22 heavy (non-hydrogen) atoms. The minimum atomic E-state index is -0.137. The third-order valence-corrected chi connectivity index (χ3v) is 4.57. The Balaban J connectivity index is 1.71. The number of aryl methyl sites for hydroxylation is 2. The molecule has 0 aliphatic carbocycles. The van der Waals surface area contributed by atoms with E-state index >= 15 is 0 Å². The van der Waals surface area contributed by atoms with Gasteiger partial charge in [0.05, 0.1) is 0 Å². The summed E-state index contributed by atoms with van der Waals surface area (Å²) in [5, 5.41) is 3.35. The van der Waals surface area contributed by atoms with E-state index in [1.165, 1.54) is 0 Å². The van der Waals surface area contributed by atoms with Crippen LogP contribution in [0.5, 0.6) is 0 Å². The molecular formula is C16H25N5O. The Bertz CT molecular complexity index is 541. The summed E-state index contributed by atoms with van der Waals surface area (Å²) >= 11 is 0. The molecule has 0 bridgehead atoms. The number of hydrogen-bond donors (Lipinski definition) is 1. The molecule has 0 unspecified atom stereocenters. The van der Waals surface area contributed by atoms with Gasteiger partial charge in [0.25, 0.3) is 0 Å². The van der Waals surface area contributed by atoms with Crippen molar-refractivity contribution in [3.8, 4) is 0 Å². The number of carbonyl (C=O) groups excluding carboxylic acids is 1. The average molecular weight is 303 g/mol. The Morgan fingerprint density at radius 1 is 1.36 bits per heavy atom. The molecule has 1 N–H and O–H groups in total. The molecule has 3 rings (SSSR count). The molecule has 0 saturated carbocycles. The van der Waals surface area contributed by atoms with E-state index < -0.39 is 0 Å². The molecule has 120 valence electrons. The maximum atomic E-state index is 12.6. The number of rotatable bonds is 3. The largest absolute Gasteiger partial charge is 0.341 e. The van der Waals surface area contributed by atoms with E-state index in [2.05, 4.69) is 27.1 Å². The smallest absolute Gasteiger partial charge is 0.241 e. The van der Waals surface area contributed by atoms with Gasteiger partial charge in [-0.3, -0.25) is 4.79 Å². The summed E-state index contributed by atoms with van der Waals surface area (Å²) in [6, 6.07) is -0.137. The molecule has 6 nitrogen and oxygen atoms in total. The van der Waals surface area contributed by atoms with Gasteiger partial charge in [-0.05, 0) is 31.7 Å². The molecule has 2 aliphatic rings. The van der Waals surface area contributed by atoms with Crippen LogP contribution in [0.4, 0.5) is 5.95 Å². The first-order valence-electron chi connectivity index (χ1n) is 8.28. The number of hydrogen-bond acceptors (Lipinski definition) is 5. The van der Waals surface area contributed by atoms with Crippen LogP contribution in [-0.2, 0) is 11.2 Å². The molecule has 2 saturated heterocycles. The molecular weight excluding hydrogens is 278 g/mol. The molecule has 3 heterocycles. The molecule has 2 fully saturated rings. The van der Waals surface area contributed by atoms with E-state index in [-0.39, 0.29) is 11.9 Å². The van der Waals surface area contributed by atoms with Gasteiger partial charge in [0.1, 0.15) is 6.04 Å². The highest BCUT2D eigenvalue weighted by atomic mass is 16.2. The van der Waals surface area contributed by atoms with E-state index in [0.717, 1.165) is 62.6 Å². The second kappa shape index (κ2) is 6.60. The summed E-state index contributed by atoms with van der Waals surface area (Å²) in [5.74, 6) is 0.980. The molecule has 6 heteroatoms.